The molecule has 0 fully saturated rings. The Kier molecular flexibility index (Phi) is 0.947. The fraction of sp³-hybridized carbons (Fsp3) is 0.200. The molecule has 1 aliphatic carbocycles. The summed E-state index contributed by atoms with van der Waals surface area (Å²) in [4.78, 5) is 0. The summed E-state index contributed by atoms with van der Waals surface area (Å²) < 4.78 is 11.9. The van der Waals surface area contributed by atoms with Crippen LogP contribution < -0.4 is 5.73 Å². The van der Waals surface area contributed by atoms with Gasteiger partial charge in [-0.3, -0.25) is 0 Å². The van der Waals surface area contributed by atoms with Gasteiger partial charge in [0.25, 0.3) is 0 Å². The molecule has 2 N–H and O–H groups in total. The molecule has 1 nitrogen and oxygen atoms in total. The average molecular weight is 99.1 g/mol. The minimum Gasteiger partial charge on any atom is -0.321 e. The highest BCUT2D eigenvalue weighted by atomic mass is 19.1. The molecule has 0 aromatic carbocycles. The molecule has 2 heteroatoms. The Morgan fingerprint density at radius 1 is 1.71 bits per heavy atom. The summed E-state index contributed by atoms with van der Waals surface area (Å²) in [6.07, 6.45) is 4.33. The van der Waals surface area contributed by atoms with Gasteiger partial charge in [-0.1, -0.05) is 6.08 Å². The number of allylic oxidation sites excluding steroid dienone is 2. The smallest absolute Gasteiger partial charge is 0.120 e. The monoisotopic (exact) mass is 99.0 g/mol. The van der Waals surface area contributed by atoms with Crippen LogP contribution in [0.25, 0.3) is 0 Å². The van der Waals surface area contributed by atoms with Crippen molar-refractivity contribution in [2.24, 2.45) is 5.73 Å². The first-order valence-electron chi connectivity index (χ1n) is 2.10. The zero-order valence-electron chi connectivity index (χ0n) is 3.76. The van der Waals surface area contributed by atoms with E-state index in [1.165, 1.54) is 12.2 Å². The first-order chi connectivity index (χ1) is 3.29. The molecule has 1 atom stereocenters. The predicted octanol–water partition coefficient (Wildman–Crippen LogP) is 0.737. The second-order valence-electron chi connectivity index (χ2n) is 1.49. The van der Waals surface area contributed by atoms with Crippen molar-refractivity contribution in [3.05, 3.63) is 24.1 Å². The van der Waals surface area contributed by atoms with Crippen molar-refractivity contribution in [1.29, 1.82) is 0 Å². The molecule has 7 heavy (non-hydrogen) atoms. The lowest BCUT2D eigenvalue weighted by Crippen LogP contribution is -2.09. The summed E-state index contributed by atoms with van der Waals surface area (Å²) in [5, 5.41) is 0. The largest absolute Gasteiger partial charge is 0.321 e. The highest BCUT2D eigenvalue weighted by Crippen LogP contribution is 2.07. The summed E-state index contributed by atoms with van der Waals surface area (Å²) in [7, 11) is 0. The molecule has 0 aromatic rings. The van der Waals surface area contributed by atoms with Gasteiger partial charge in [0.1, 0.15) is 5.83 Å². The molecule has 0 bridgehead atoms. The van der Waals surface area contributed by atoms with E-state index in [2.05, 4.69) is 0 Å². The average Bonchev–Trinajstić information content (AvgIpc) is 1.87. The highest BCUT2D eigenvalue weighted by Gasteiger charge is 2.00. The van der Waals surface area contributed by atoms with Crippen LogP contribution in [0.15, 0.2) is 24.1 Å². The molecule has 38 valence electrons. The minimum atomic E-state index is -0.229. The molecule has 0 heterocycles. The van der Waals surface area contributed by atoms with E-state index >= 15 is 0 Å². The van der Waals surface area contributed by atoms with E-state index in [0.717, 1.165) is 0 Å². The standard InChI is InChI=1S/C5H6FN/c6-4-1-2-5(7)3-4/h1-3,5H,7H2. The molecule has 0 aliphatic heterocycles. The second-order valence-corrected chi connectivity index (χ2v) is 1.49. The molecule has 0 aromatic heterocycles. The fourth-order valence-electron chi connectivity index (χ4n) is 0.498. The van der Waals surface area contributed by atoms with Gasteiger partial charge >= 0.3 is 0 Å². The van der Waals surface area contributed by atoms with E-state index in [4.69, 9.17) is 5.73 Å². The van der Waals surface area contributed by atoms with Crippen LogP contribution in [0, 0.1) is 0 Å². The van der Waals surface area contributed by atoms with E-state index in [1.54, 1.807) is 6.08 Å². The summed E-state index contributed by atoms with van der Waals surface area (Å²) in [6.45, 7) is 0. The summed E-state index contributed by atoms with van der Waals surface area (Å²) in [5.41, 5.74) is 5.22. The van der Waals surface area contributed by atoms with E-state index in [1.807, 2.05) is 0 Å². The van der Waals surface area contributed by atoms with E-state index < -0.39 is 0 Å². The number of nitrogens with two attached hydrogens (primary N) is 1. The molecule has 0 spiro atoms. The van der Waals surface area contributed by atoms with Gasteiger partial charge in [-0.05, 0) is 12.2 Å². The zero-order chi connectivity index (χ0) is 5.28. The Balaban J connectivity index is 2.69. The number of hydrogen-bond acceptors (Lipinski definition) is 1. The lowest BCUT2D eigenvalue weighted by molar-refractivity contribution is 0.667. The van der Waals surface area contributed by atoms with Crippen LogP contribution >= 0.6 is 0 Å². The summed E-state index contributed by atoms with van der Waals surface area (Å²) in [5.74, 6) is -0.229. The number of hydrogen-bond donors (Lipinski definition) is 1. The van der Waals surface area contributed by atoms with Gasteiger partial charge in [-0.2, -0.15) is 0 Å². The van der Waals surface area contributed by atoms with Gasteiger partial charge < -0.3 is 5.73 Å². The maximum atomic E-state index is 11.9. The van der Waals surface area contributed by atoms with E-state index in [0.29, 0.717) is 0 Å². The van der Waals surface area contributed by atoms with E-state index in [9.17, 15) is 4.39 Å². The van der Waals surface area contributed by atoms with Crippen LogP contribution in [0.1, 0.15) is 0 Å². The van der Waals surface area contributed by atoms with Gasteiger partial charge in [-0.25, -0.2) is 4.39 Å². The van der Waals surface area contributed by atoms with Gasteiger partial charge in [-0.15, -0.1) is 0 Å². The molecular weight excluding hydrogens is 93.1 g/mol. The summed E-state index contributed by atoms with van der Waals surface area (Å²) >= 11 is 0. The van der Waals surface area contributed by atoms with Crippen molar-refractivity contribution in [2.75, 3.05) is 0 Å². The number of rotatable bonds is 0. The van der Waals surface area contributed by atoms with Crippen molar-refractivity contribution in [3.8, 4) is 0 Å². The SMILES string of the molecule is NC1C=CC(F)=C1. The highest BCUT2D eigenvalue weighted by molar-refractivity contribution is 5.25. The van der Waals surface area contributed by atoms with Gasteiger partial charge in [0.05, 0.1) is 0 Å². The lowest BCUT2D eigenvalue weighted by atomic mass is 10.4. The van der Waals surface area contributed by atoms with Crippen molar-refractivity contribution in [1.82, 2.24) is 0 Å². The van der Waals surface area contributed by atoms with Gasteiger partial charge in [0.15, 0.2) is 0 Å². The molecule has 1 rings (SSSR count). The summed E-state index contributed by atoms with van der Waals surface area (Å²) in [6, 6.07) is -0.194. The fourth-order valence-corrected chi connectivity index (χ4v) is 0.498. The van der Waals surface area contributed by atoms with Crippen molar-refractivity contribution in [3.63, 3.8) is 0 Å². The molecule has 0 radical (unpaired) electrons. The minimum absolute atomic E-state index is 0.194. The number of halogens is 1. The molecule has 0 saturated carbocycles. The van der Waals surface area contributed by atoms with Gasteiger partial charge in [0, 0.05) is 6.04 Å². The zero-order valence-corrected chi connectivity index (χ0v) is 3.76. The van der Waals surface area contributed by atoms with Crippen molar-refractivity contribution in [2.45, 2.75) is 6.04 Å². The molecule has 0 amide bonds. The van der Waals surface area contributed by atoms with Gasteiger partial charge in [0.2, 0.25) is 0 Å². The first-order valence-corrected chi connectivity index (χ1v) is 2.10. The normalized spacial score (nSPS) is 28.3. The Bertz CT molecular complexity index is 126. The van der Waals surface area contributed by atoms with Crippen LogP contribution in [0.5, 0.6) is 0 Å². The maximum absolute atomic E-state index is 11.9. The Morgan fingerprint density at radius 2 is 2.43 bits per heavy atom. The molecule has 1 aliphatic rings. The topological polar surface area (TPSA) is 26.0 Å². The van der Waals surface area contributed by atoms with Crippen LogP contribution in [0.3, 0.4) is 0 Å². The van der Waals surface area contributed by atoms with Crippen LogP contribution in [-0.4, -0.2) is 6.04 Å². The van der Waals surface area contributed by atoms with E-state index in [-0.39, 0.29) is 11.9 Å². The Morgan fingerprint density at radius 3 is 2.57 bits per heavy atom. The Labute approximate surface area is 41.3 Å². The third-order valence-electron chi connectivity index (χ3n) is 0.829. The third kappa shape index (κ3) is 0.871. The first kappa shape index (κ1) is 4.53. The lowest BCUT2D eigenvalue weighted by Gasteiger charge is -1.85. The van der Waals surface area contributed by atoms with Crippen LogP contribution in [0.4, 0.5) is 4.39 Å². The maximum Gasteiger partial charge on any atom is 0.120 e. The van der Waals surface area contributed by atoms with Crippen LogP contribution in [0.2, 0.25) is 0 Å². The van der Waals surface area contributed by atoms with Crippen molar-refractivity contribution >= 4 is 0 Å². The quantitative estimate of drug-likeness (QED) is 0.476. The molecule has 1 unspecified atom stereocenters. The van der Waals surface area contributed by atoms with Crippen LogP contribution in [-0.2, 0) is 0 Å². The third-order valence-corrected chi connectivity index (χ3v) is 0.829. The second kappa shape index (κ2) is 1.46. The molecule has 0 saturated heterocycles. The Hall–Kier alpha value is -0.630. The molecular formula is C5H6FN. The van der Waals surface area contributed by atoms with Crippen molar-refractivity contribution < 1.29 is 4.39 Å². The predicted molar refractivity (Wildman–Crippen MR) is 26.3 cm³/mol.